The van der Waals surface area contributed by atoms with E-state index < -0.39 is 0 Å². The Labute approximate surface area is 115 Å². The summed E-state index contributed by atoms with van der Waals surface area (Å²) < 4.78 is 7.04. The van der Waals surface area contributed by atoms with Gasteiger partial charge in [-0.1, -0.05) is 23.7 Å². The summed E-state index contributed by atoms with van der Waals surface area (Å²) in [6, 6.07) is 9.51. The van der Waals surface area contributed by atoms with Crippen LogP contribution in [0.3, 0.4) is 0 Å². The maximum Gasteiger partial charge on any atom is 0.183 e. The molecule has 1 N–H and O–H groups in total. The number of hydrogen-bond acceptors (Lipinski definition) is 2. The van der Waals surface area contributed by atoms with Crippen molar-refractivity contribution in [3.8, 4) is 0 Å². The van der Waals surface area contributed by atoms with Gasteiger partial charge in [-0.05, 0) is 50.1 Å². The molecule has 0 unspecified atom stereocenters. The third-order valence-electron chi connectivity index (χ3n) is 2.02. The number of rotatable bonds is 3. The fourth-order valence-electron chi connectivity index (χ4n) is 1.27. The zero-order valence-electron chi connectivity index (χ0n) is 8.14. The summed E-state index contributed by atoms with van der Waals surface area (Å²) >= 11 is 12.7. The van der Waals surface area contributed by atoms with E-state index in [0.29, 0.717) is 16.2 Å². The molecular formula is C11H8Br2ClNO. The van der Waals surface area contributed by atoms with E-state index >= 15 is 0 Å². The summed E-state index contributed by atoms with van der Waals surface area (Å²) in [6.45, 7) is 0.591. The second kappa shape index (κ2) is 5.25. The first-order valence-electron chi connectivity index (χ1n) is 4.59. The number of para-hydroxylation sites is 1. The van der Waals surface area contributed by atoms with Crippen LogP contribution in [-0.4, -0.2) is 0 Å². The van der Waals surface area contributed by atoms with Gasteiger partial charge < -0.3 is 9.73 Å². The number of halogens is 3. The highest BCUT2D eigenvalue weighted by Crippen LogP contribution is 2.28. The highest BCUT2D eigenvalue weighted by atomic mass is 79.9. The van der Waals surface area contributed by atoms with Crippen LogP contribution in [0.2, 0.25) is 5.02 Å². The lowest BCUT2D eigenvalue weighted by Gasteiger charge is -2.05. The summed E-state index contributed by atoms with van der Waals surface area (Å²) in [5.74, 6) is 0.832. The van der Waals surface area contributed by atoms with E-state index in [9.17, 15) is 0 Å². The summed E-state index contributed by atoms with van der Waals surface area (Å²) in [5, 5.41) is 3.90. The monoisotopic (exact) mass is 363 g/mol. The quantitative estimate of drug-likeness (QED) is 0.821. The zero-order chi connectivity index (χ0) is 11.5. The normalized spacial score (nSPS) is 10.4. The lowest BCUT2D eigenvalue weighted by atomic mass is 10.3. The van der Waals surface area contributed by atoms with Crippen molar-refractivity contribution in [3.63, 3.8) is 0 Å². The fraction of sp³-hybridized carbons (Fsp3) is 0.0909. The van der Waals surface area contributed by atoms with E-state index in [2.05, 4.69) is 37.2 Å². The highest BCUT2D eigenvalue weighted by Gasteiger charge is 2.06. The van der Waals surface area contributed by atoms with Crippen molar-refractivity contribution >= 4 is 49.1 Å². The minimum atomic E-state index is 0.591. The molecule has 1 aromatic heterocycles. The van der Waals surface area contributed by atoms with E-state index in [1.807, 2.05) is 30.3 Å². The van der Waals surface area contributed by atoms with Crippen molar-refractivity contribution in [3.05, 3.63) is 50.3 Å². The Morgan fingerprint density at radius 1 is 1.25 bits per heavy atom. The van der Waals surface area contributed by atoms with Crippen LogP contribution in [0.5, 0.6) is 0 Å². The Bertz CT molecular complexity index is 479. The predicted octanol–water partition coefficient (Wildman–Crippen LogP) is 5.07. The van der Waals surface area contributed by atoms with Crippen molar-refractivity contribution in [2.24, 2.45) is 0 Å². The van der Waals surface area contributed by atoms with E-state index in [1.165, 1.54) is 0 Å². The van der Waals surface area contributed by atoms with Gasteiger partial charge in [-0.3, -0.25) is 0 Å². The highest BCUT2D eigenvalue weighted by molar-refractivity contribution is 9.13. The average Bonchev–Trinajstić information content (AvgIpc) is 2.57. The van der Waals surface area contributed by atoms with E-state index in [-0.39, 0.29) is 0 Å². The van der Waals surface area contributed by atoms with Crippen molar-refractivity contribution < 1.29 is 4.42 Å². The van der Waals surface area contributed by atoms with Gasteiger partial charge in [-0.15, -0.1) is 0 Å². The summed E-state index contributed by atoms with van der Waals surface area (Å²) in [5.41, 5.74) is 0.896. The minimum absolute atomic E-state index is 0.591. The van der Waals surface area contributed by atoms with Crippen LogP contribution in [0.1, 0.15) is 5.76 Å². The summed E-state index contributed by atoms with van der Waals surface area (Å²) in [6.07, 6.45) is 0. The fourth-order valence-corrected chi connectivity index (χ4v) is 2.13. The number of anilines is 1. The van der Waals surface area contributed by atoms with Crippen LogP contribution < -0.4 is 5.32 Å². The average molecular weight is 365 g/mol. The molecule has 0 atom stereocenters. The van der Waals surface area contributed by atoms with Crippen LogP contribution in [-0.2, 0) is 6.54 Å². The molecule has 0 saturated heterocycles. The van der Waals surface area contributed by atoms with Gasteiger partial charge in [0, 0.05) is 0 Å². The standard InChI is InChI=1S/C11H8Br2ClNO/c12-8-5-7(16-11(8)13)6-15-10-4-2-1-3-9(10)14/h1-5,15H,6H2. The lowest BCUT2D eigenvalue weighted by molar-refractivity contribution is 0.494. The first-order valence-corrected chi connectivity index (χ1v) is 6.55. The molecule has 2 aromatic rings. The number of hydrogen-bond donors (Lipinski definition) is 1. The van der Waals surface area contributed by atoms with Crippen LogP contribution in [0.15, 0.2) is 43.9 Å². The molecule has 0 spiro atoms. The van der Waals surface area contributed by atoms with E-state index in [1.54, 1.807) is 0 Å². The van der Waals surface area contributed by atoms with Gasteiger partial charge in [-0.25, -0.2) is 0 Å². The molecule has 1 heterocycles. The number of furan rings is 1. The molecule has 2 rings (SSSR count). The molecule has 1 aromatic carbocycles. The Balaban J connectivity index is 2.05. The number of nitrogens with one attached hydrogen (secondary N) is 1. The molecule has 0 aliphatic rings. The summed E-state index contributed by atoms with van der Waals surface area (Å²) in [4.78, 5) is 0. The molecule has 84 valence electrons. The van der Waals surface area contributed by atoms with Gasteiger partial charge in [0.15, 0.2) is 4.67 Å². The second-order valence-corrected chi connectivity index (χ2v) is 5.15. The van der Waals surface area contributed by atoms with E-state index in [4.69, 9.17) is 16.0 Å². The van der Waals surface area contributed by atoms with Gasteiger partial charge >= 0.3 is 0 Å². The molecule has 0 fully saturated rings. The smallest absolute Gasteiger partial charge is 0.183 e. The summed E-state index contributed by atoms with van der Waals surface area (Å²) in [7, 11) is 0. The topological polar surface area (TPSA) is 25.2 Å². The molecule has 5 heteroatoms. The Morgan fingerprint density at radius 3 is 2.62 bits per heavy atom. The first-order chi connectivity index (χ1) is 7.66. The molecule has 16 heavy (non-hydrogen) atoms. The SMILES string of the molecule is Clc1ccccc1NCc1cc(Br)c(Br)o1. The van der Waals surface area contributed by atoms with Gasteiger partial charge in [0.2, 0.25) is 0 Å². The van der Waals surface area contributed by atoms with Gasteiger partial charge in [0.05, 0.1) is 21.7 Å². The molecule has 0 aliphatic carbocycles. The van der Waals surface area contributed by atoms with Gasteiger partial charge in [-0.2, -0.15) is 0 Å². The van der Waals surface area contributed by atoms with Crippen LogP contribution in [0.25, 0.3) is 0 Å². The predicted molar refractivity (Wildman–Crippen MR) is 72.9 cm³/mol. The Kier molecular flexibility index (Phi) is 3.95. The van der Waals surface area contributed by atoms with Crippen molar-refractivity contribution in [2.45, 2.75) is 6.54 Å². The molecule has 0 radical (unpaired) electrons. The van der Waals surface area contributed by atoms with Crippen LogP contribution >= 0.6 is 43.5 Å². The van der Waals surface area contributed by atoms with Crippen molar-refractivity contribution in [1.82, 2.24) is 0 Å². The largest absolute Gasteiger partial charge is 0.451 e. The minimum Gasteiger partial charge on any atom is -0.451 e. The van der Waals surface area contributed by atoms with Crippen LogP contribution in [0.4, 0.5) is 5.69 Å². The van der Waals surface area contributed by atoms with E-state index in [0.717, 1.165) is 15.9 Å². The maximum atomic E-state index is 6.02. The lowest BCUT2D eigenvalue weighted by Crippen LogP contribution is -1.98. The Morgan fingerprint density at radius 2 is 2.00 bits per heavy atom. The Hall–Kier alpha value is -0.450. The second-order valence-electron chi connectivity index (χ2n) is 3.17. The van der Waals surface area contributed by atoms with Crippen LogP contribution in [0, 0.1) is 0 Å². The van der Waals surface area contributed by atoms with Crippen molar-refractivity contribution in [2.75, 3.05) is 5.32 Å². The molecule has 0 amide bonds. The molecule has 0 saturated carbocycles. The molecule has 0 aliphatic heterocycles. The zero-order valence-corrected chi connectivity index (χ0v) is 12.1. The number of benzene rings is 1. The third-order valence-corrected chi connectivity index (χ3v) is 4.06. The van der Waals surface area contributed by atoms with Gasteiger partial charge in [0.1, 0.15) is 5.76 Å². The third kappa shape index (κ3) is 2.81. The maximum absolute atomic E-state index is 6.02. The molecule has 0 bridgehead atoms. The molecule has 2 nitrogen and oxygen atoms in total. The van der Waals surface area contributed by atoms with Gasteiger partial charge in [0.25, 0.3) is 0 Å². The first kappa shape index (κ1) is 12.0. The molecular weight excluding hydrogens is 357 g/mol. The van der Waals surface area contributed by atoms with Crippen molar-refractivity contribution in [1.29, 1.82) is 0 Å².